The first-order valence-corrected chi connectivity index (χ1v) is 10.7. The summed E-state index contributed by atoms with van der Waals surface area (Å²) in [6, 6.07) is 12.6. The van der Waals surface area contributed by atoms with Crippen molar-refractivity contribution in [2.24, 2.45) is 5.92 Å². The van der Waals surface area contributed by atoms with Crippen molar-refractivity contribution in [1.82, 2.24) is 4.72 Å². The Bertz CT molecular complexity index is 893. The number of aryl methyl sites for hydroxylation is 1. The van der Waals surface area contributed by atoms with Crippen molar-refractivity contribution in [3.63, 3.8) is 0 Å². The summed E-state index contributed by atoms with van der Waals surface area (Å²) in [5.41, 5.74) is 3.26. The van der Waals surface area contributed by atoms with Crippen LogP contribution in [0.2, 0.25) is 0 Å². The van der Waals surface area contributed by atoms with Gasteiger partial charge < -0.3 is 9.84 Å². The monoisotopic (exact) mass is 389 g/mol. The molecule has 2 aromatic carbocycles. The molecule has 1 aliphatic rings. The summed E-state index contributed by atoms with van der Waals surface area (Å²) >= 11 is 0. The van der Waals surface area contributed by atoms with Gasteiger partial charge in [-0.05, 0) is 67.0 Å². The van der Waals surface area contributed by atoms with E-state index in [2.05, 4.69) is 4.72 Å². The molecule has 3 rings (SSSR count). The van der Waals surface area contributed by atoms with Crippen LogP contribution in [0.5, 0.6) is 5.75 Å². The molecule has 1 aliphatic carbocycles. The molecular formula is C21H27NO4S. The Labute approximate surface area is 161 Å². The predicted molar refractivity (Wildman–Crippen MR) is 106 cm³/mol. The number of nitrogens with one attached hydrogen (secondary N) is 1. The minimum atomic E-state index is -3.59. The zero-order chi connectivity index (χ0) is 19.6. The molecule has 0 amide bonds. The van der Waals surface area contributed by atoms with Gasteiger partial charge in [0.25, 0.3) is 0 Å². The number of hydrogen-bond acceptors (Lipinski definition) is 4. The van der Waals surface area contributed by atoms with Gasteiger partial charge >= 0.3 is 0 Å². The maximum absolute atomic E-state index is 12.8. The molecule has 146 valence electrons. The molecule has 2 N–H and O–H groups in total. The lowest BCUT2D eigenvalue weighted by Gasteiger charge is -2.35. The third-order valence-electron chi connectivity index (χ3n) is 5.39. The average molecular weight is 390 g/mol. The first-order valence-electron chi connectivity index (χ1n) is 9.20. The summed E-state index contributed by atoms with van der Waals surface area (Å²) in [6.45, 7) is 3.97. The normalized spacial score (nSPS) is 20.7. The van der Waals surface area contributed by atoms with Crippen LogP contribution in [-0.4, -0.2) is 33.3 Å². The highest BCUT2D eigenvalue weighted by molar-refractivity contribution is 7.89. The number of aliphatic hydroxyl groups excluding tert-OH is 1. The largest absolute Gasteiger partial charge is 0.497 e. The molecule has 0 aromatic heterocycles. The molecule has 0 spiro atoms. The van der Waals surface area contributed by atoms with Crippen LogP contribution >= 0.6 is 0 Å². The van der Waals surface area contributed by atoms with Gasteiger partial charge in [0.15, 0.2) is 0 Å². The van der Waals surface area contributed by atoms with Gasteiger partial charge in [-0.1, -0.05) is 30.7 Å². The van der Waals surface area contributed by atoms with Gasteiger partial charge in [-0.2, -0.15) is 0 Å². The fraction of sp³-hybridized carbons (Fsp3) is 0.429. The van der Waals surface area contributed by atoms with Gasteiger partial charge in [0.05, 0.1) is 12.0 Å². The number of benzene rings is 2. The molecule has 0 saturated heterocycles. The molecule has 0 aliphatic heterocycles. The molecule has 0 heterocycles. The summed E-state index contributed by atoms with van der Waals surface area (Å²) in [4.78, 5) is 0.278. The predicted octanol–water partition coefficient (Wildman–Crippen LogP) is 3.01. The lowest BCUT2D eigenvalue weighted by Crippen LogP contribution is -2.41. The van der Waals surface area contributed by atoms with E-state index in [1.54, 1.807) is 31.4 Å². The van der Waals surface area contributed by atoms with E-state index in [0.29, 0.717) is 12.8 Å². The highest BCUT2D eigenvalue weighted by Crippen LogP contribution is 2.39. The molecule has 1 unspecified atom stereocenters. The van der Waals surface area contributed by atoms with Crippen molar-refractivity contribution >= 4 is 10.0 Å². The number of aliphatic hydroxyl groups is 1. The van der Waals surface area contributed by atoms with Gasteiger partial charge in [-0.15, -0.1) is 0 Å². The minimum Gasteiger partial charge on any atom is -0.497 e. The summed E-state index contributed by atoms with van der Waals surface area (Å²) in [7, 11) is -1.95. The zero-order valence-corrected chi connectivity index (χ0v) is 16.8. The first-order chi connectivity index (χ1) is 12.8. The van der Waals surface area contributed by atoms with Crippen molar-refractivity contribution in [3.05, 3.63) is 59.2 Å². The van der Waals surface area contributed by atoms with E-state index in [1.165, 1.54) is 0 Å². The van der Waals surface area contributed by atoms with Crippen molar-refractivity contribution in [2.45, 2.75) is 43.5 Å². The molecule has 0 bridgehead atoms. The third-order valence-corrected chi connectivity index (χ3v) is 6.92. The SMILES string of the molecule is COc1ccc2c(c1)[C@@H](C(C)CO)C[C@@H](NS(=O)(=O)c1ccc(C)cc1)C2. The highest BCUT2D eigenvalue weighted by Gasteiger charge is 2.33. The van der Waals surface area contributed by atoms with Crippen molar-refractivity contribution < 1.29 is 18.3 Å². The lowest BCUT2D eigenvalue weighted by molar-refractivity contribution is 0.203. The Balaban J connectivity index is 1.88. The molecule has 27 heavy (non-hydrogen) atoms. The number of methoxy groups -OCH3 is 1. The number of fused-ring (bicyclic) bond motifs is 1. The number of ether oxygens (including phenoxy) is 1. The Morgan fingerprint density at radius 1 is 1.22 bits per heavy atom. The Hall–Kier alpha value is -1.89. The van der Waals surface area contributed by atoms with Gasteiger partial charge in [0.1, 0.15) is 5.75 Å². The van der Waals surface area contributed by atoms with Crippen molar-refractivity contribution in [1.29, 1.82) is 0 Å². The number of hydrogen-bond donors (Lipinski definition) is 2. The zero-order valence-electron chi connectivity index (χ0n) is 16.0. The van der Waals surface area contributed by atoms with Crippen LogP contribution < -0.4 is 9.46 Å². The van der Waals surface area contributed by atoms with E-state index < -0.39 is 10.0 Å². The van der Waals surface area contributed by atoms with Gasteiger partial charge in [-0.3, -0.25) is 0 Å². The fourth-order valence-electron chi connectivity index (χ4n) is 3.77. The van der Waals surface area contributed by atoms with E-state index in [9.17, 15) is 13.5 Å². The molecule has 3 atom stereocenters. The Kier molecular flexibility index (Phi) is 5.89. The van der Waals surface area contributed by atoms with Gasteiger partial charge in [-0.25, -0.2) is 13.1 Å². The van der Waals surface area contributed by atoms with Crippen LogP contribution in [0.1, 0.15) is 36.0 Å². The molecule has 5 nitrogen and oxygen atoms in total. The quantitative estimate of drug-likeness (QED) is 0.796. The third kappa shape index (κ3) is 4.34. The number of rotatable bonds is 6. The second-order valence-corrected chi connectivity index (χ2v) is 9.12. The van der Waals surface area contributed by atoms with Crippen LogP contribution in [0.4, 0.5) is 0 Å². The van der Waals surface area contributed by atoms with E-state index >= 15 is 0 Å². The standard InChI is InChI=1S/C21H27NO4S/c1-14-4-8-19(9-5-14)27(24,25)22-17-10-16-6-7-18(26-3)12-21(16)20(11-17)15(2)13-23/h4-9,12,15,17,20,22-23H,10-11,13H2,1-3H3/t15?,17-,20+/m0/s1. The summed E-state index contributed by atoms with van der Waals surface area (Å²) in [5.74, 6) is 0.879. The Morgan fingerprint density at radius 3 is 2.56 bits per heavy atom. The molecule has 0 radical (unpaired) electrons. The van der Waals surface area contributed by atoms with Crippen LogP contribution in [-0.2, 0) is 16.4 Å². The first kappa shape index (κ1) is 19.9. The van der Waals surface area contributed by atoms with Crippen LogP contribution in [0.15, 0.2) is 47.4 Å². The summed E-state index contributed by atoms with van der Waals surface area (Å²) < 4.78 is 33.8. The molecule has 6 heteroatoms. The Morgan fingerprint density at radius 2 is 1.93 bits per heavy atom. The lowest BCUT2D eigenvalue weighted by atomic mass is 9.75. The molecular weight excluding hydrogens is 362 g/mol. The topological polar surface area (TPSA) is 75.6 Å². The molecule has 0 saturated carbocycles. The minimum absolute atomic E-state index is 0.0301. The maximum Gasteiger partial charge on any atom is 0.240 e. The van der Waals surface area contributed by atoms with Crippen LogP contribution in [0, 0.1) is 12.8 Å². The van der Waals surface area contributed by atoms with Crippen LogP contribution in [0.25, 0.3) is 0 Å². The van der Waals surface area contributed by atoms with E-state index in [1.807, 2.05) is 32.0 Å². The fourth-order valence-corrected chi connectivity index (χ4v) is 5.02. The highest BCUT2D eigenvalue weighted by atomic mass is 32.2. The smallest absolute Gasteiger partial charge is 0.240 e. The molecule has 0 fully saturated rings. The second kappa shape index (κ2) is 8.00. The average Bonchev–Trinajstić information content (AvgIpc) is 2.66. The van der Waals surface area contributed by atoms with E-state index in [0.717, 1.165) is 22.4 Å². The van der Waals surface area contributed by atoms with E-state index in [4.69, 9.17) is 4.74 Å². The van der Waals surface area contributed by atoms with Crippen LogP contribution in [0.3, 0.4) is 0 Å². The number of sulfonamides is 1. The summed E-state index contributed by atoms with van der Waals surface area (Å²) in [5, 5.41) is 9.69. The van der Waals surface area contributed by atoms with Crippen molar-refractivity contribution in [3.8, 4) is 5.75 Å². The maximum atomic E-state index is 12.8. The van der Waals surface area contributed by atoms with Crippen molar-refractivity contribution in [2.75, 3.05) is 13.7 Å². The van der Waals surface area contributed by atoms with Gasteiger partial charge in [0.2, 0.25) is 10.0 Å². The molecule has 2 aromatic rings. The van der Waals surface area contributed by atoms with Gasteiger partial charge in [0, 0.05) is 12.6 Å². The second-order valence-electron chi connectivity index (χ2n) is 7.40. The van der Waals surface area contributed by atoms with E-state index in [-0.39, 0.29) is 29.4 Å². The summed E-state index contributed by atoms with van der Waals surface area (Å²) in [6.07, 6.45) is 1.27.